The van der Waals surface area contributed by atoms with Crippen LogP contribution in [-0.2, 0) is 34.3 Å². The fraction of sp³-hybridized carbons (Fsp3) is 0.269. The van der Waals surface area contributed by atoms with Crippen LogP contribution in [-0.4, -0.2) is 25.8 Å². The highest BCUT2D eigenvalue weighted by Crippen LogP contribution is 2.25. The van der Waals surface area contributed by atoms with Gasteiger partial charge >= 0.3 is 0 Å². The highest BCUT2D eigenvalue weighted by molar-refractivity contribution is 7.89. The fourth-order valence-electron chi connectivity index (χ4n) is 4.00. The molecule has 1 amide bonds. The van der Waals surface area contributed by atoms with Gasteiger partial charge in [0.05, 0.1) is 4.90 Å². The predicted octanol–water partition coefficient (Wildman–Crippen LogP) is 4.52. The largest absolute Gasteiger partial charge is 0.338 e. The van der Waals surface area contributed by atoms with Gasteiger partial charge in [0, 0.05) is 26.1 Å². The molecule has 0 radical (unpaired) electrons. The molecule has 32 heavy (non-hydrogen) atoms. The number of rotatable bonds is 8. The van der Waals surface area contributed by atoms with E-state index in [2.05, 4.69) is 4.72 Å². The molecule has 0 spiro atoms. The molecule has 0 unspecified atom stereocenters. The molecule has 3 aromatic rings. The van der Waals surface area contributed by atoms with Gasteiger partial charge in [-0.1, -0.05) is 67.6 Å². The number of amides is 1. The van der Waals surface area contributed by atoms with Gasteiger partial charge in [0.15, 0.2) is 0 Å². The molecule has 1 aliphatic heterocycles. The van der Waals surface area contributed by atoms with Crippen molar-refractivity contribution in [3.63, 3.8) is 0 Å². The van der Waals surface area contributed by atoms with E-state index in [1.807, 2.05) is 72.5 Å². The third-order valence-electron chi connectivity index (χ3n) is 5.92. The van der Waals surface area contributed by atoms with E-state index in [-0.39, 0.29) is 17.3 Å². The first-order chi connectivity index (χ1) is 15.5. The summed E-state index contributed by atoms with van der Waals surface area (Å²) in [7, 11) is -3.60. The summed E-state index contributed by atoms with van der Waals surface area (Å²) in [4.78, 5) is 14.0. The maximum atomic E-state index is 12.7. The number of carbonyl (C=O) groups excluding carboxylic acids is 1. The highest BCUT2D eigenvalue weighted by atomic mass is 32.2. The van der Waals surface area contributed by atoms with Gasteiger partial charge in [-0.15, -0.1) is 0 Å². The minimum Gasteiger partial charge on any atom is -0.338 e. The van der Waals surface area contributed by atoms with E-state index in [4.69, 9.17) is 0 Å². The number of hydrogen-bond acceptors (Lipinski definition) is 3. The Morgan fingerprint density at radius 1 is 0.906 bits per heavy atom. The minimum atomic E-state index is -3.60. The molecule has 0 aliphatic carbocycles. The summed E-state index contributed by atoms with van der Waals surface area (Å²) in [5.74, 6) is 0.219. The maximum absolute atomic E-state index is 12.7. The van der Waals surface area contributed by atoms with E-state index in [0.29, 0.717) is 13.0 Å². The van der Waals surface area contributed by atoms with E-state index in [9.17, 15) is 13.2 Å². The lowest BCUT2D eigenvalue weighted by molar-refractivity contribution is -0.128. The van der Waals surface area contributed by atoms with Crippen LogP contribution in [0.5, 0.6) is 0 Å². The lowest BCUT2D eigenvalue weighted by atomic mass is 9.98. The lowest BCUT2D eigenvalue weighted by Crippen LogP contribution is -2.23. The summed E-state index contributed by atoms with van der Waals surface area (Å²) in [5, 5.41) is 0. The molecule has 1 aliphatic rings. The molecule has 166 valence electrons. The van der Waals surface area contributed by atoms with Gasteiger partial charge in [-0.3, -0.25) is 4.79 Å². The fourth-order valence-corrected chi connectivity index (χ4v) is 5.00. The first-order valence-electron chi connectivity index (χ1n) is 11.0. The molecule has 0 bridgehead atoms. The second-order valence-electron chi connectivity index (χ2n) is 8.09. The number of benzene rings is 3. The molecule has 6 heteroatoms. The third-order valence-corrected chi connectivity index (χ3v) is 7.34. The molecule has 0 saturated carbocycles. The van der Waals surface area contributed by atoms with Crippen molar-refractivity contribution in [1.82, 2.24) is 9.62 Å². The van der Waals surface area contributed by atoms with Crippen LogP contribution in [0.1, 0.15) is 36.5 Å². The molecule has 1 N–H and O–H groups in total. The first-order valence-corrected chi connectivity index (χ1v) is 12.5. The van der Waals surface area contributed by atoms with Crippen LogP contribution in [0.15, 0.2) is 77.7 Å². The molecule has 0 aromatic heterocycles. The Kier molecular flexibility index (Phi) is 6.72. The molecule has 1 fully saturated rings. The van der Waals surface area contributed by atoms with Crippen molar-refractivity contribution in [1.29, 1.82) is 0 Å². The zero-order chi connectivity index (χ0) is 22.6. The average Bonchev–Trinajstić information content (AvgIpc) is 3.23. The average molecular weight is 449 g/mol. The zero-order valence-electron chi connectivity index (χ0n) is 18.3. The van der Waals surface area contributed by atoms with Crippen molar-refractivity contribution < 1.29 is 13.2 Å². The van der Waals surface area contributed by atoms with Gasteiger partial charge in [0.1, 0.15) is 0 Å². The third kappa shape index (κ3) is 5.09. The summed E-state index contributed by atoms with van der Waals surface area (Å²) in [5.41, 5.74) is 5.11. The van der Waals surface area contributed by atoms with Crippen LogP contribution in [0, 0.1) is 0 Å². The van der Waals surface area contributed by atoms with Gasteiger partial charge in [-0.2, -0.15) is 0 Å². The Morgan fingerprint density at radius 3 is 2.25 bits per heavy atom. The summed E-state index contributed by atoms with van der Waals surface area (Å²) in [6.45, 7) is 3.71. The number of hydrogen-bond donors (Lipinski definition) is 1. The van der Waals surface area contributed by atoms with Crippen LogP contribution in [0.3, 0.4) is 0 Å². The number of aryl methyl sites for hydroxylation is 1. The number of nitrogens with one attached hydrogen (secondary N) is 1. The molecule has 3 aromatic carbocycles. The van der Waals surface area contributed by atoms with Crippen LogP contribution in [0.4, 0.5) is 0 Å². The van der Waals surface area contributed by atoms with Crippen molar-refractivity contribution in [2.75, 3.05) is 6.54 Å². The summed E-state index contributed by atoms with van der Waals surface area (Å²) >= 11 is 0. The van der Waals surface area contributed by atoms with E-state index < -0.39 is 10.0 Å². The van der Waals surface area contributed by atoms with Crippen LogP contribution < -0.4 is 4.72 Å². The maximum Gasteiger partial charge on any atom is 0.240 e. The zero-order valence-corrected chi connectivity index (χ0v) is 19.1. The Morgan fingerprint density at radius 2 is 1.59 bits per heavy atom. The van der Waals surface area contributed by atoms with Crippen molar-refractivity contribution in [2.24, 2.45) is 0 Å². The van der Waals surface area contributed by atoms with Crippen molar-refractivity contribution in [3.05, 3.63) is 89.5 Å². The number of likely N-dealkylation sites (tertiary alicyclic amines) is 1. The van der Waals surface area contributed by atoms with Gasteiger partial charge in [0.25, 0.3) is 0 Å². The van der Waals surface area contributed by atoms with Crippen LogP contribution in [0.2, 0.25) is 0 Å². The number of sulfonamides is 1. The Balaban J connectivity index is 1.48. The second kappa shape index (κ2) is 9.67. The minimum absolute atomic E-state index is 0.206. The van der Waals surface area contributed by atoms with Crippen LogP contribution in [0.25, 0.3) is 11.1 Å². The smallest absolute Gasteiger partial charge is 0.240 e. The summed E-state index contributed by atoms with van der Waals surface area (Å²) in [6, 6.07) is 22.9. The lowest BCUT2D eigenvalue weighted by Gasteiger charge is -2.16. The predicted molar refractivity (Wildman–Crippen MR) is 126 cm³/mol. The van der Waals surface area contributed by atoms with E-state index in [0.717, 1.165) is 47.2 Å². The molecule has 0 atom stereocenters. The summed E-state index contributed by atoms with van der Waals surface area (Å²) < 4.78 is 28.2. The Labute approximate surface area is 190 Å². The Hall–Kier alpha value is -2.96. The number of carbonyl (C=O) groups is 1. The van der Waals surface area contributed by atoms with Crippen molar-refractivity contribution >= 4 is 15.9 Å². The topological polar surface area (TPSA) is 66.5 Å². The quantitative estimate of drug-likeness (QED) is 0.551. The second-order valence-corrected chi connectivity index (χ2v) is 9.86. The Bertz CT molecular complexity index is 1190. The van der Waals surface area contributed by atoms with Crippen LogP contribution >= 0.6 is 0 Å². The van der Waals surface area contributed by atoms with Crippen molar-refractivity contribution in [3.8, 4) is 11.1 Å². The molecule has 1 heterocycles. The van der Waals surface area contributed by atoms with Gasteiger partial charge in [0.2, 0.25) is 15.9 Å². The number of nitrogens with zero attached hydrogens (tertiary/aromatic N) is 1. The normalized spacial score (nSPS) is 14.2. The van der Waals surface area contributed by atoms with E-state index >= 15 is 0 Å². The van der Waals surface area contributed by atoms with Crippen molar-refractivity contribution in [2.45, 2.75) is 44.2 Å². The molecule has 4 rings (SSSR count). The molecular weight excluding hydrogens is 420 g/mol. The molecular formula is C26H28N2O3S. The highest BCUT2D eigenvalue weighted by Gasteiger charge is 2.20. The summed E-state index contributed by atoms with van der Waals surface area (Å²) in [6.07, 6.45) is 2.45. The molecule has 5 nitrogen and oxygen atoms in total. The van der Waals surface area contributed by atoms with E-state index in [1.165, 1.54) is 0 Å². The molecule has 1 saturated heterocycles. The van der Waals surface area contributed by atoms with Gasteiger partial charge in [-0.05, 0) is 52.8 Å². The van der Waals surface area contributed by atoms with Gasteiger partial charge < -0.3 is 4.90 Å². The SMILES string of the molecule is CCc1ccc(S(=O)(=O)NCc2ccccc2-c2ccc(CN3CCCC3=O)cc2)cc1. The van der Waals surface area contributed by atoms with Gasteiger partial charge in [-0.25, -0.2) is 13.1 Å². The van der Waals surface area contributed by atoms with E-state index in [1.54, 1.807) is 12.1 Å². The standard InChI is InChI=1S/C26H28N2O3S/c1-2-20-11-15-24(16-12-20)32(30,31)27-18-23-6-3-4-7-25(23)22-13-9-21(10-14-22)19-28-17-5-8-26(28)29/h3-4,6-7,9-16,27H,2,5,8,17-19H2,1H3. The first kappa shape index (κ1) is 22.2. The monoisotopic (exact) mass is 448 g/mol.